The smallest absolute Gasteiger partial charge is 0.264 e. The lowest BCUT2D eigenvalue weighted by Gasteiger charge is -2.18. The van der Waals surface area contributed by atoms with Crippen LogP contribution in [0, 0.1) is 34.6 Å². The van der Waals surface area contributed by atoms with Crippen LogP contribution in [0.2, 0.25) is 0 Å². The van der Waals surface area contributed by atoms with Crippen LogP contribution in [0.5, 0.6) is 0 Å². The molecule has 3 atom stereocenters. The molecule has 0 fully saturated rings. The maximum absolute atomic E-state index is 13.9. The first-order valence-corrected chi connectivity index (χ1v) is 7.17. The fourth-order valence-corrected chi connectivity index (χ4v) is 2.19. The number of benzene rings is 1. The summed E-state index contributed by atoms with van der Waals surface area (Å²) in [7, 11) is 1.98. The minimum Gasteiger partial charge on any atom is -0.445 e. The third-order valence-electron chi connectivity index (χ3n) is 3.49. The fourth-order valence-electron chi connectivity index (χ4n) is 2.19. The molecule has 2 N–H and O–H groups in total. The Morgan fingerprint density at radius 2 is 1.67 bits per heavy atom. The van der Waals surface area contributed by atoms with E-state index in [1.165, 1.54) is 0 Å². The molecular formula is C15H14F6N2O4. The number of aliphatic imine (C=N–C) groups is 1. The molecule has 12 heteroatoms. The van der Waals surface area contributed by atoms with Gasteiger partial charge in [0.1, 0.15) is 29.3 Å². The van der Waals surface area contributed by atoms with Crippen molar-refractivity contribution in [2.24, 2.45) is 4.99 Å². The molecule has 0 bridgehead atoms. The van der Waals surface area contributed by atoms with Crippen molar-refractivity contribution in [3.8, 4) is 6.07 Å². The van der Waals surface area contributed by atoms with Crippen LogP contribution in [-0.4, -0.2) is 55.2 Å². The summed E-state index contributed by atoms with van der Waals surface area (Å²) in [5, 5.41) is 25.2. The Kier molecular flexibility index (Phi) is 8.01. The van der Waals surface area contributed by atoms with Crippen molar-refractivity contribution < 1.29 is 46.0 Å². The van der Waals surface area contributed by atoms with Crippen LogP contribution in [0.25, 0.3) is 0 Å². The van der Waals surface area contributed by atoms with Gasteiger partial charge in [0, 0.05) is 20.6 Å². The summed E-state index contributed by atoms with van der Waals surface area (Å²) >= 11 is 0. The molecule has 1 aromatic rings. The molecule has 0 aliphatic carbocycles. The van der Waals surface area contributed by atoms with Gasteiger partial charge in [0.15, 0.2) is 23.3 Å². The fraction of sp³-hybridized carbons (Fsp3) is 0.467. The Morgan fingerprint density at radius 3 is 2.07 bits per heavy atom. The number of aliphatic hydroxyl groups is 2. The summed E-state index contributed by atoms with van der Waals surface area (Å²) < 4.78 is 89.6. The normalized spacial score (nSPS) is 19.7. The van der Waals surface area contributed by atoms with E-state index in [1.807, 2.05) is 0 Å². The number of rotatable bonds is 5. The zero-order valence-electron chi connectivity index (χ0n) is 13.9. The predicted octanol–water partition coefficient (Wildman–Crippen LogP) is 1.86. The first-order valence-electron chi connectivity index (χ1n) is 7.17. The van der Waals surface area contributed by atoms with Gasteiger partial charge >= 0.3 is 0 Å². The predicted molar refractivity (Wildman–Crippen MR) is 78.0 cm³/mol. The van der Waals surface area contributed by atoms with Gasteiger partial charge in [-0.25, -0.2) is 31.3 Å². The van der Waals surface area contributed by atoms with Crippen molar-refractivity contribution in [2.45, 2.75) is 31.3 Å². The van der Waals surface area contributed by atoms with E-state index in [-0.39, 0.29) is 0 Å². The van der Waals surface area contributed by atoms with Crippen LogP contribution < -0.4 is 0 Å². The van der Waals surface area contributed by atoms with Gasteiger partial charge in [0.25, 0.3) is 6.43 Å². The van der Waals surface area contributed by atoms with Crippen LogP contribution in [-0.2, 0) is 9.47 Å². The molecule has 27 heavy (non-hydrogen) atoms. The number of methoxy groups -OCH3 is 1. The van der Waals surface area contributed by atoms with E-state index in [0.29, 0.717) is 0 Å². The summed E-state index contributed by atoms with van der Waals surface area (Å²) in [6, 6.07) is -0.441. The number of aliphatic hydroxyl groups excluding tert-OH is 2. The van der Waals surface area contributed by atoms with E-state index < -0.39 is 71.6 Å². The van der Waals surface area contributed by atoms with Crippen LogP contribution in [0.1, 0.15) is 17.5 Å². The molecule has 0 spiro atoms. The van der Waals surface area contributed by atoms with Gasteiger partial charge in [-0.3, -0.25) is 0 Å². The molecule has 1 aliphatic heterocycles. The molecule has 3 unspecified atom stereocenters. The second kappa shape index (κ2) is 9.54. The highest BCUT2D eigenvalue weighted by Gasteiger charge is 2.38. The zero-order valence-corrected chi connectivity index (χ0v) is 13.9. The summed E-state index contributed by atoms with van der Waals surface area (Å²) in [6.45, 7) is 0. The Morgan fingerprint density at radius 1 is 1.15 bits per heavy atom. The average molecular weight is 400 g/mol. The molecule has 0 aromatic heterocycles. The Hall–Kier alpha value is -2.36. The Balaban J connectivity index is 0.00000176. The van der Waals surface area contributed by atoms with Gasteiger partial charge < -0.3 is 19.7 Å². The largest absolute Gasteiger partial charge is 0.445 e. The van der Waals surface area contributed by atoms with Gasteiger partial charge in [-0.2, -0.15) is 5.26 Å². The van der Waals surface area contributed by atoms with Crippen molar-refractivity contribution in [3.05, 3.63) is 34.4 Å². The minimum atomic E-state index is -2.94. The van der Waals surface area contributed by atoms with E-state index in [1.54, 1.807) is 0 Å². The van der Waals surface area contributed by atoms with Gasteiger partial charge in [0.05, 0.1) is 0 Å². The average Bonchev–Trinajstić information content (AvgIpc) is 3.00. The SMILES string of the molecule is CO.COC(CC1N=C(c2c(F)c(F)c(C#N)c(F)c2F)OC1O)C(F)F. The molecule has 150 valence electrons. The van der Waals surface area contributed by atoms with Crippen molar-refractivity contribution >= 4 is 5.90 Å². The summed E-state index contributed by atoms with van der Waals surface area (Å²) in [5.41, 5.74) is -2.87. The summed E-state index contributed by atoms with van der Waals surface area (Å²) in [4.78, 5) is 3.50. The maximum Gasteiger partial charge on any atom is 0.264 e. The topological polar surface area (TPSA) is 95.1 Å². The molecule has 2 rings (SSSR count). The van der Waals surface area contributed by atoms with Crippen molar-refractivity contribution in [1.29, 1.82) is 5.26 Å². The van der Waals surface area contributed by atoms with Crippen molar-refractivity contribution in [1.82, 2.24) is 0 Å². The first-order chi connectivity index (χ1) is 12.7. The highest BCUT2D eigenvalue weighted by molar-refractivity contribution is 5.96. The standard InChI is InChI=1S/C14H10F6N2O3.CH4O/c1-24-6(12(19)20)2-5-14(23)25-13(22-5)7-10(17)8(15)4(3-21)9(16)11(7)18;1-2/h5-6,12,14,23H,2H2,1H3;2H,1H3. The second-order valence-electron chi connectivity index (χ2n) is 4.97. The molecule has 1 aliphatic rings. The van der Waals surface area contributed by atoms with E-state index >= 15 is 0 Å². The number of nitriles is 1. The van der Waals surface area contributed by atoms with E-state index in [9.17, 15) is 31.4 Å². The molecule has 1 aromatic carbocycles. The summed E-state index contributed by atoms with van der Waals surface area (Å²) in [5.74, 6) is -8.87. The number of hydrogen-bond acceptors (Lipinski definition) is 6. The van der Waals surface area contributed by atoms with Crippen molar-refractivity contribution in [2.75, 3.05) is 14.2 Å². The molecule has 1 heterocycles. The number of ether oxygens (including phenoxy) is 2. The third kappa shape index (κ3) is 4.49. The highest BCUT2D eigenvalue weighted by Crippen LogP contribution is 2.29. The van der Waals surface area contributed by atoms with Crippen LogP contribution in [0.4, 0.5) is 26.3 Å². The van der Waals surface area contributed by atoms with Crippen molar-refractivity contribution in [3.63, 3.8) is 0 Å². The maximum atomic E-state index is 13.9. The van der Waals surface area contributed by atoms with E-state index in [0.717, 1.165) is 20.3 Å². The lowest BCUT2D eigenvalue weighted by atomic mass is 10.1. The zero-order chi connectivity index (χ0) is 20.9. The van der Waals surface area contributed by atoms with E-state index in [2.05, 4.69) is 14.5 Å². The number of alkyl halides is 2. The van der Waals surface area contributed by atoms with Gasteiger partial charge in [-0.05, 0) is 0 Å². The monoisotopic (exact) mass is 400 g/mol. The van der Waals surface area contributed by atoms with Gasteiger partial charge in [-0.1, -0.05) is 0 Å². The van der Waals surface area contributed by atoms with Crippen LogP contribution in [0.3, 0.4) is 0 Å². The first kappa shape index (κ1) is 22.7. The third-order valence-corrected chi connectivity index (χ3v) is 3.49. The van der Waals surface area contributed by atoms with Crippen LogP contribution in [0.15, 0.2) is 4.99 Å². The Labute approximate surface area is 149 Å². The highest BCUT2D eigenvalue weighted by atomic mass is 19.3. The molecular weight excluding hydrogens is 386 g/mol. The lowest BCUT2D eigenvalue weighted by molar-refractivity contribution is -0.0698. The Bertz CT molecular complexity index is 724. The second-order valence-corrected chi connectivity index (χ2v) is 4.97. The number of halogens is 6. The molecule has 0 saturated carbocycles. The molecule has 0 radical (unpaired) electrons. The van der Waals surface area contributed by atoms with Crippen LogP contribution >= 0.6 is 0 Å². The quantitative estimate of drug-likeness (QED) is 0.581. The molecule has 6 nitrogen and oxygen atoms in total. The molecule has 0 saturated heterocycles. The van der Waals surface area contributed by atoms with E-state index in [4.69, 9.17) is 10.4 Å². The number of hydrogen-bond donors (Lipinski definition) is 2. The molecule has 0 amide bonds. The summed E-state index contributed by atoms with van der Waals surface area (Å²) in [6.07, 6.45) is -7.05. The van der Waals surface area contributed by atoms with Gasteiger partial charge in [-0.15, -0.1) is 0 Å². The lowest BCUT2D eigenvalue weighted by Crippen LogP contribution is -2.31. The minimum absolute atomic E-state index is 0.580. The number of nitrogens with zero attached hydrogens (tertiary/aromatic N) is 2. The van der Waals surface area contributed by atoms with Gasteiger partial charge in [0.2, 0.25) is 12.2 Å².